The van der Waals surface area contributed by atoms with Crippen LogP contribution in [-0.4, -0.2) is 38.3 Å². The molecule has 0 bridgehead atoms. The van der Waals surface area contributed by atoms with Crippen molar-refractivity contribution in [2.24, 2.45) is 0 Å². The minimum Gasteiger partial charge on any atom is -0.381 e. The SMILES string of the molecule is CCCCOCCCNCC(=O)NC(C)CCC. The van der Waals surface area contributed by atoms with Crippen molar-refractivity contribution in [2.75, 3.05) is 26.3 Å². The summed E-state index contributed by atoms with van der Waals surface area (Å²) in [6.45, 7) is 9.20. The van der Waals surface area contributed by atoms with E-state index in [2.05, 4.69) is 24.5 Å². The number of carbonyl (C=O) groups is 1. The average Bonchev–Trinajstić information content (AvgIpc) is 2.32. The quantitative estimate of drug-likeness (QED) is 0.527. The lowest BCUT2D eigenvalue weighted by molar-refractivity contribution is -0.120. The van der Waals surface area contributed by atoms with E-state index in [1.165, 1.54) is 6.42 Å². The van der Waals surface area contributed by atoms with Gasteiger partial charge < -0.3 is 15.4 Å². The normalized spacial score (nSPS) is 12.4. The van der Waals surface area contributed by atoms with Crippen molar-refractivity contribution < 1.29 is 9.53 Å². The molecule has 0 rings (SSSR count). The number of hydrogen-bond acceptors (Lipinski definition) is 3. The number of nitrogens with one attached hydrogen (secondary N) is 2. The molecular formula is C14H30N2O2. The van der Waals surface area contributed by atoms with Crippen LogP contribution < -0.4 is 10.6 Å². The Balaban J connectivity index is 3.25. The van der Waals surface area contributed by atoms with Crippen LogP contribution in [0.15, 0.2) is 0 Å². The molecule has 0 aliphatic rings. The Hall–Kier alpha value is -0.610. The molecule has 0 aromatic carbocycles. The molecule has 4 heteroatoms. The molecule has 0 heterocycles. The minimum atomic E-state index is 0.0860. The number of rotatable bonds is 12. The molecule has 1 unspecified atom stereocenters. The fourth-order valence-corrected chi connectivity index (χ4v) is 1.68. The third-order valence-corrected chi connectivity index (χ3v) is 2.70. The Morgan fingerprint density at radius 3 is 2.56 bits per heavy atom. The summed E-state index contributed by atoms with van der Waals surface area (Å²) in [7, 11) is 0. The van der Waals surface area contributed by atoms with Crippen LogP contribution in [0.4, 0.5) is 0 Å². The van der Waals surface area contributed by atoms with Gasteiger partial charge >= 0.3 is 0 Å². The summed E-state index contributed by atoms with van der Waals surface area (Å²) in [6.07, 6.45) is 5.40. The number of amides is 1. The van der Waals surface area contributed by atoms with Gasteiger partial charge in [0.1, 0.15) is 0 Å². The number of carbonyl (C=O) groups excluding carboxylic acids is 1. The van der Waals surface area contributed by atoms with E-state index in [0.717, 1.165) is 45.4 Å². The third-order valence-electron chi connectivity index (χ3n) is 2.70. The molecule has 0 spiro atoms. The zero-order valence-corrected chi connectivity index (χ0v) is 12.3. The van der Waals surface area contributed by atoms with E-state index in [1.54, 1.807) is 0 Å². The van der Waals surface area contributed by atoms with Crippen LogP contribution in [0.3, 0.4) is 0 Å². The standard InChI is InChI=1S/C14H30N2O2/c1-4-6-10-18-11-7-9-15-12-14(17)16-13(3)8-5-2/h13,15H,4-12H2,1-3H3,(H,16,17). The Bertz CT molecular complexity index is 198. The highest BCUT2D eigenvalue weighted by atomic mass is 16.5. The Kier molecular flexibility index (Phi) is 12.4. The Morgan fingerprint density at radius 1 is 1.17 bits per heavy atom. The fourth-order valence-electron chi connectivity index (χ4n) is 1.68. The maximum atomic E-state index is 11.5. The average molecular weight is 258 g/mol. The van der Waals surface area contributed by atoms with Crippen molar-refractivity contribution >= 4 is 5.91 Å². The van der Waals surface area contributed by atoms with Crippen molar-refractivity contribution in [1.82, 2.24) is 10.6 Å². The van der Waals surface area contributed by atoms with E-state index >= 15 is 0 Å². The molecule has 2 N–H and O–H groups in total. The molecule has 0 aromatic heterocycles. The molecule has 0 aliphatic carbocycles. The number of unbranched alkanes of at least 4 members (excludes halogenated alkanes) is 1. The predicted molar refractivity (Wildman–Crippen MR) is 75.7 cm³/mol. The van der Waals surface area contributed by atoms with Gasteiger partial charge in [-0.2, -0.15) is 0 Å². The molecule has 0 saturated heterocycles. The van der Waals surface area contributed by atoms with Gasteiger partial charge in [0, 0.05) is 19.3 Å². The minimum absolute atomic E-state index is 0.0860. The zero-order chi connectivity index (χ0) is 13.6. The molecule has 0 aliphatic heterocycles. The smallest absolute Gasteiger partial charge is 0.234 e. The maximum absolute atomic E-state index is 11.5. The lowest BCUT2D eigenvalue weighted by atomic mass is 10.2. The van der Waals surface area contributed by atoms with Gasteiger partial charge in [0.05, 0.1) is 6.54 Å². The van der Waals surface area contributed by atoms with Crippen LogP contribution in [0.1, 0.15) is 52.9 Å². The Labute approximate surface area is 112 Å². The summed E-state index contributed by atoms with van der Waals surface area (Å²) in [5.41, 5.74) is 0. The van der Waals surface area contributed by atoms with Crippen molar-refractivity contribution in [3.05, 3.63) is 0 Å². The first-order chi connectivity index (χ1) is 8.70. The van der Waals surface area contributed by atoms with Crippen molar-refractivity contribution in [2.45, 2.75) is 58.9 Å². The van der Waals surface area contributed by atoms with Crippen molar-refractivity contribution in [3.8, 4) is 0 Å². The second-order valence-electron chi connectivity index (χ2n) is 4.75. The molecule has 0 saturated carbocycles. The first kappa shape index (κ1) is 17.4. The van der Waals surface area contributed by atoms with Crippen molar-refractivity contribution in [1.29, 1.82) is 0 Å². The fraction of sp³-hybridized carbons (Fsp3) is 0.929. The van der Waals surface area contributed by atoms with Gasteiger partial charge in [-0.25, -0.2) is 0 Å². The summed E-state index contributed by atoms with van der Waals surface area (Å²) in [5.74, 6) is 0.0860. The predicted octanol–water partition coefficient (Wildman–Crippen LogP) is 2.09. The van der Waals surface area contributed by atoms with Gasteiger partial charge in [0.25, 0.3) is 0 Å². The van der Waals surface area contributed by atoms with Crippen LogP contribution >= 0.6 is 0 Å². The van der Waals surface area contributed by atoms with Crippen LogP contribution in [0.5, 0.6) is 0 Å². The van der Waals surface area contributed by atoms with E-state index in [-0.39, 0.29) is 11.9 Å². The van der Waals surface area contributed by atoms with Crippen LogP contribution in [0.2, 0.25) is 0 Å². The number of ether oxygens (including phenoxy) is 1. The van der Waals surface area contributed by atoms with E-state index in [1.807, 2.05) is 6.92 Å². The van der Waals surface area contributed by atoms with Gasteiger partial charge in [-0.3, -0.25) is 4.79 Å². The van der Waals surface area contributed by atoms with E-state index < -0.39 is 0 Å². The van der Waals surface area contributed by atoms with Gasteiger partial charge in [-0.15, -0.1) is 0 Å². The molecule has 1 amide bonds. The lowest BCUT2D eigenvalue weighted by Crippen LogP contribution is -2.39. The molecule has 108 valence electrons. The monoisotopic (exact) mass is 258 g/mol. The highest BCUT2D eigenvalue weighted by Gasteiger charge is 2.05. The lowest BCUT2D eigenvalue weighted by Gasteiger charge is -2.13. The topological polar surface area (TPSA) is 50.4 Å². The van der Waals surface area contributed by atoms with Crippen LogP contribution in [-0.2, 0) is 9.53 Å². The molecule has 0 aromatic rings. The first-order valence-electron chi connectivity index (χ1n) is 7.28. The van der Waals surface area contributed by atoms with E-state index in [4.69, 9.17) is 4.74 Å². The second-order valence-corrected chi connectivity index (χ2v) is 4.75. The maximum Gasteiger partial charge on any atom is 0.234 e. The largest absolute Gasteiger partial charge is 0.381 e. The van der Waals surface area contributed by atoms with Gasteiger partial charge in [-0.1, -0.05) is 26.7 Å². The second kappa shape index (κ2) is 12.8. The molecule has 4 nitrogen and oxygen atoms in total. The molecule has 0 radical (unpaired) electrons. The molecule has 0 fully saturated rings. The third kappa shape index (κ3) is 11.9. The first-order valence-corrected chi connectivity index (χ1v) is 7.28. The van der Waals surface area contributed by atoms with Crippen LogP contribution in [0.25, 0.3) is 0 Å². The van der Waals surface area contributed by atoms with E-state index in [9.17, 15) is 4.79 Å². The Morgan fingerprint density at radius 2 is 1.89 bits per heavy atom. The van der Waals surface area contributed by atoms with E-state index in [0.29, 0.717) is 6.54 Å². The van der Waals surface area contributed by atoms with Gasteiger partial charge in [0.15, 0.2) is 0 Å². The van der Waals surface area contributed by atoms with Gasteiger partial charge in [-0.05, 0) is 32.7 Å². The summed E-state index contributed by atoms with van der Waals surface area (Å²) >= 11 is 0. The summed E-state index contributed by atoms with van der Waals surface area (Å²) in [4.78, 5) is 11.5. The van der Waals surface area contributed by atoms with Gasteiger partial charge in [0.2, 0.25) is 5.91 Å². The van der Waals surface area contributed by atoms with Crippen molar-refractivity contribution in [3.63, 3.8) is 0 Å². The summed E-state index contributed by atoms with van der Waals surface area (Å²) in [5, 5.41) is 6.10. The number of hydrogen-bond donors (Lipinski definition) is 2. The molecular weight excluding hydrogens is 228 g/mol. The zero-order valence-electron chi connectivity index (χ0n) is 12.3. The molecule has 1 atom stereocenters. The van der Waals surface area contributed by atoms with Crippen LogP contribution in [0, 0.1) is 0 Å². The summed E-state index contributed by atoms with van der Waals surface area (Å²) in [6, 6.07) is 0.279. The summed E-state index contributed by atoms with van der Waals surface area (Å²) < 4.78 is 5.44. The highest BCUT2D eigenvalue weighted by molar-refractivity contribution is 5.78. The molecule has 18 heavy (non-hydrogen) atoms. The highest BCUT2D eigenvalue weighted by Crippen LogP contribution is 1.93.